The van der Waals surface area contributed by atoms with Gasteiger partial charge in [-0.1, -0.05) is 11.6 Å². The number of amides is 3. The summed E-state index contributed by atoms with van der Waals surface area (Å²) in [4.78, 5) is 48.2. The molecule has 14 heteroatoms. The van der Waals surface area contributed by atoms with Crippen LogP contribution in [0.25, 0.3) is 6.08 Å². The zero-order valence-corrected chi connectivity index (χ0v) is 22.2. The van der Waals surface area contributed by atoms with Crippen molar-refractivity contribution >= 4 is 68.3 Å². The van der Waals surface area contributed by atoms with Crippen LogP contribution in [0.2, 0.25) is 5.02 Å². The molecule has 0 aliphatic carbocycles. The summed E-state index contributed by atoms with van der Waals surface area (Å²) in [6, 6.07) is 8.00. The molecule has 0 unspecified atom stereocenters. The number of hydrogen-bond donors (Lipinski definition) is 1. The molecule has 0 aromatic heterocycles. The first-order valence-electron chi connectivity index (χ1n) is 10.6. The first-order chi connectivity index (χ1) is 17.4. The van der Waals surface area contributed by atoms with Gasteiger partial charge in [-0.2, -0.15) is 8.42 Å². The van der Waals surface area contributed by atoms with Crippen LogP contribution in [0.15, 0.2) is 46.2 Å². The van der Waals surface area contributed by atoms with Crippen LogP contribution in [0.1, 0.15) is 19.4 Å². The van der Waals surface area contributed by atoms with E-state index in [-0.39, 0.29) is 38.8 Å². The summed E-state index contributed by atoms with van der Waals surface area (Å²) in [5.74, 6) is -2.06. The Labute approximate surface area is 221 Å². The maximum atomic E-state index is 12.8. The molecule has 1 fully saturated rings. The Morgan fingerprint density at radius 2 is 1.84 bits per heavy atom. The van der Waals surface area contributed by atoms with Crippen LogP contribution in [0.5, 0.6) is 11.5 Å². The molecule has 0 saturated carbocycles. The number of thioether (sulfide) groups is 1. The fourth-order valence-electron chi connectivity index (χ4n) is 3.09. The Kier molecular flexibility index (Phi) is 8.84. The number of ether oxygens (including phenoxy) is 2. The molecule has 37 heavy (non-hydrogen) atoms. The number of imide groups is 1. The van der Waals surface area contributed by atoms with Crippen molar-refractivity contribution in [1.82, 2.24) is 4.90 Å². The van der Waals surface area contributed by atoms with Crippen LogP contribution in [-0.4, -0.2) is 56.6 Å². The second-order valence-electron chi connectivity index (χ2n) is 7.35. The molecule has 1 heterocycles. The number of halogens is 1. The second kappa shape index (κ2) is 11.7. The second-order valence-corrected chi connectivity index (χ2v) is 10.3. The van der Waals surface area contributed by atoms with Crippen LogP contribution in [0.4, 0.5) is 10.5 Å². The van der Waals surface area contributed by atoms with Gasteiger partial charge in [-0.3, -0.25) is 24.1 Å². The topological polar surface area (TPSA) is 145 Å². The number of hydrogen-bond acceptors (Lipinski definition) is 10. The Bertz CT molecular complexity index is 1390. The van der Waals surface area contributed by atoms with Crippen molar-refractivity contribution in [3.05, 3.63) is 51.9 Å². The quantitative estimate of drug-likeness (QED) is 0.270. The minimum absolute atomic E-state index is 0.0213. The van der Waals surface area contributed by atoms with E-state index in [0.29, 0.717) is 23.0 Å². The van der Waals surface area contributed by atoms with Crippen molar-refractivity contribution < 1.29 is 41.3 Å². The number of rotatable bonds is 9. The van der Waals surface area contributed by atoms with Crippen LogP contribution >= 0.6 is 23.4 Å². The van der Waals surface area contributed by atoms with E-state index in [1.54, 1.807) is 6.92 Å². The van der Waals surface area contributed by atoms with Gasteiger partial charge in [-0.05, 0) is 66.7 Å². The standard InChI is InChI=1S/C23H21ClN2O9S2/c1-4-34-20(28)12-26-22(29)19(36-23(26)30)11-14-9-17(24)21(18(10-14)33-3)35-37(31,32)16-7-5-15(6-8-16)25-13(2)27/h5-11H,4,12H2,1-3H3,(H,25,27)/b19-11-. The fraction of sp³-hybridized carbons (Fsp3) is 0.217. The lowest BCUT2D eigenvalue weighted by atomic mass is 10.2. The molecule has 1 N–H and O–H groups in total. The third kappa shape index (κ3) is 6.81. The molecule has 1 aliphatic heterocycles. The monoisotopic (exact) mass is 568 g/mol. The summed E-state index contributed by atoms with van der Waals surface area (Å²) in [6.45, 7) is 2.51. The number of nitrogens with zero attached hydrogens (tertiary/aromatic N) is 1. The lowest BCUT2D eigenvalue weighted by Gasteiger charge is -2.14. The number of methoxy groups -OCH3 is 1. The van der Waals surface area contributed by atoms with E-state index in [2.05, 4.69) is 5.32 Å². The normalized spacial score (nSPS) is 14.6. The molecule has 0 spiro atoms. The van der Waals surface area contributed by atoms with Crippen LogP contribution < -0.4 is 14.2 Å². The minimum Gasteiger partial charge on any atom is -0.493 e. The van der Waals surface area contributed by atoms with E-state index in [1.165, 1.54) is 56.5 Å². The van der Waals surface area contributed by atoms with E-state index in [1.807, 2.05) is 0 Å². The number of anilines is 1. The van der Waals surface area contributed by atoms with Crippen LogP contribution in [0, 0.1) is 0 Å². The molecule has 11 nitrogen and oxygen atoms in total. The SMILES string of the molecule is CCOC(=O)CN1C(=O)S/C(=C\c2cc(Cl)c(OS(=O)(=O)c3ccc(NC(C)=O)cc3)c(OC)c2)C1=O. The van der Waals surface area contributed by atoms with Crippen molar-refractivity contribution in [3.63, 3.8) is 0 Å². The van der Waals surface area contributed by atoms with E-state index < -0.39 is 33.8 Å². The fourth-order valence-corrected chi connectivity index (χ4v) is 5.19. The third-order valence-electron chi connectivity index (χ3n) is 4.67. The molecule has 0 bridgehead atoms. The lowest BCUT2D eigenvalue weighted by molar-refractivity contribution is -0.146. The first-order valence-corrected chi connectivity index (χ1v) is 13.2. The van der Waals surface area contributed by atoms with Crippen molar-refractivity contribution in [2.45, 2.75) is 18.7 Å². The average molecular weight is 569 g/mol. The molecular weight excluding hydrogens is 548 g/mol. The predicted octanol–water partition coefficient (Wildman–Crippen LogP) is 3.67. The Morgan fingerprint density at radius 1 is 1.16 bits per heavy atom. The number of benzene rings is 2. The predicted molar refractivity (Wildman–Crippen MR) is 136 cm³/mol. The largest absolute Gasteiger partial charge is 0.493 e. The Morgan fingerprint density at radius 3 is 2.43 bits per heavy atom. The van der Waals surface area contributed by atoms with Gasteiger partial charge in [0.15, 0.2) is 5.75 Å². The lowest BCUT2D eigenvalue weighted by Crippen LogP contribution is -2.34. The van der Waals surface area contributed by atoms with E-state index in [0.717, 1.165) is 4.90 Å². The smallest absolute Gasteiger partial charge is 0.339 e. The molecule has 3 rings (SSSR count). The minimum atomic E-state index is -4.33. The van der Waals surface area contributed by atoms with E-state index in [9.17, 15) is 27.6 Å². The first kappa shape index (κ1) is 28.0. The van der Waals surface area contributed by atoms with Crippen LogP contribution in [-0.2, 0) is 29.2 Å². The van der Waals surface area contributed by atoms with Gasteiger partial charge in [-0.15, -0.1) is 0 Å². The third-order valence-corrected chi connectivity index (χ3v) is 7.10. The van der Waals surface area contributed by atoms with E-state index in [4.69, 9.17) is 25.3 Å². The van der Waals surface area contributed by atoms with Gasteiger partial charge in [-0.25, -0.2) is 0 Å². The molecule has 196 valence electrons. The summed E-state index contributed by atoms with van der Waals surface area (Å²) in [7, 11) is -3.07. The highest BCUT2D eigenvalue weighted by molar-refractivity contribution is 8.18. The van der Waals surface area contributed by atoms with Crippen molar-refractivity contribution in [2.24, 2.45) is 0 Å². The van der Waals surface area contributed by atoms with Gasteiger partial charge in [0.05, 0.1) is 23.6 Å². The number of carbonyl (C=O) groups is 4. The molecule has 2 aromatic rings. The molecule has 1 aliphatic rings. The van der Waals surface area contributed by atoms with E-state index >= 15 is 0 Å². The highest BCUT2D eigenvalue weighted by Crippen LogP contribution is 2.40. The summed E-state index contributed by atoms with van der Waals surface area (Å²) >= 11 is 6.92. The zero-order chi connectivity index (χ0) is 27.3. The Hall–Kier alpha value is -3.55. The highest BCUT2D eigenvalue weighted by atomic mass is 35.5. The number of carbonyl (C=O) groups excluding carboxylic acids is 4. The van der Waals surface area contributed by atoms with Crippen LogP contribution in [0.3, 0.4) is 0 Å². The maximum Gasteiger partial charge on any atom is 0.339 e. The van der Waals surface area contributed by atoms with Crippen molar-refractivity contribution in [1.29, 1.82) is 0 Å². The summed E-state index contributed by atoms with van der Waals surface area (Å²) in [5.41, 5.74) is 0.714. The molecule has 1 saturated heterocycles. The van der Waals surface area contributed by atoms with Crippen molar-refractivity contribution in [3.8, 4) is 11.5 Å². The molecule has 0 atom stereocenters. The number of nitrogens with one attached hydrogen (secondary N) is 1. The van der Waals surface area contributed by atoms with Gasteiger partial charge < -0.3 is 19.0 Å². The van der Waals surface area contributed by atoms with Gasteiger partial charge in [0.2, 0.25) is 11.7 Å². The maximum absolute atomic E-state index is 12.8. The summed E-state index contributed by atoms with van der Waals surface area (Å²) in [6.07, 6.45) is 1.35. The van der Waals surface area contributed by atoms with Crippen molar-refractivity contribution in [2.75, 3.05) is 25.6 Å². The molecule has 3 amide bonds. The molecule has 2 aromatic carbocycles. The number of esters is 1. The summed E-state index contributed by atoms with van der Waals surface area (Å²) in [5, 5.41) is 1.74. The molecular formula is C23H21ClN2O9S2. The summed E-state index contributed by atoms with van der Waals surface area (Å²) < 4.78 is 40.9. The average Bonchev–Trinajstić information content (AvgIpc) is 3.08. The van der Waals surface area contributed by atoms with Gasteiger partial charge in [0.1, 0.15) is 11.4 Å². The van der Waals surface area contributed by atoms with Gasteiger partial charge >= 0.3 is 16.1 Å². The Balaban J connectivity index is 1.85. The molecule has 0 radical (unpaired) electrons. The van der Waals surface area contributed by atoms with Gasteiger partial charge in [0.25, 0.3) is 11.1 Å². The van der Waals surface area contributed by atoms with Gasteiger partial charge in [0, 0.05) is 12.6 Å². The zero-order valence-electron chi connectivity index (χ0n) is 19.8. The highest BCUT2D eigenvalue weighted by Gasteiger charge is 2.36.